The van der Waals surface area contributed by atoms with E-state index in [0.717, 1.165) is 11.3 Å². The molecule has 2 N–H and O–H groups in total. The highest BCUT2D eigenvalue weighted by Gasteiger charge is 2.32. The molecule has 0 aliphatic rings. The summed E-state index contributed by atoms with van der Waals surface area (Å²) in [5.74, 6) is 0.205. The van der Waals surface area contributed by atoms with Crippen LogP contribution < -0.4 is 5.32 Å². The highest BCUT2D eigenvalue weighted by atomic mass is 16.5. The number of esters is 1. The van der Waals surface area contributed by atoms with Gasteiger partial charge in [0.1, 0.15) is 6.04 Å². The Morgan fingerprint density at radius 3 is 2.71 bits per heavy atom. The number of nitrogens with zero attached hydrogens (tertiary/aromatic N) is 3. The van der Waals surface area contributed by atoms with Crippen LogP contribution in [0.1, 0.15) is 20.8 Å². The third kappa shape index (κ3) is 3.56. The van der Waals surface area contributed by atoms with Crippen molar-refractivity contribution in [1.29, 1.82) is 0 Å². The second-order valence-corrected chi connectivity index (χ2v) is 5.78. The third-order valence-corrected chi connectivity index (χ3v) is 3.08. The first-order valence-corrected chi connectivity index (χ1v) is 6.60. The number of benzene rings is 1. The molecule has 7 heteroatoms. The van der Waals surface area contributed by atoms with Gasteiger partial charge in [-0.1, -0.05) is 32.9 Å². The van der Waals surface area contributed by atoms with E-state index in [-0.39, 0.29) is 11.4 Å². The van der Waals surface area contributed by atoms with Gasteiger partial charge in [-0.25, -0.2) is 4.79 Å². The first kappa shape index (κ1) is 15.0. The molecule has 0 spiro atoms. The molecule has 0 unspecified atom stereocenters. The predicted octanol–water partition coefficient (Wildman–Crippen LogP) is 1.87. The minimum Gasteiger partial charge on any atom is -0.467 e. The molecular formula is C14H19N5O2. The highest BCUT2D eigenvalue weighted by molar-refractivity contribution is 5.80. The van der Waals surface area contributed by atoms with Crippen LogP contribution in [0, 0.1) is 5.41 Å². The Bertz CT molecular complexity index is 604. The number of aromatic nitrogens is 4. The van der Waals surface area contributed by atoms with Gasteiger partial charge in [0.15, 0.2) is 0 Å². The van der Waals surface area contributed by atoms with Crippen LogP contribution in [0.2, 0.25) is 0 Å². The largest absolute Gasteiger partial charge is 0.467 e. The van der Waals surface area contributed by atoms with Crippen molar-refractivity contribution in [3.63, 3.8) is 0 Å². The van der Waals surface area contributed by atoms with E-state index < -0.39 is 6.04 Å². The number of ether oxygens (including phenoxy) is 1. The van der Waals surface area contributed by atoms with Crippen LogP contribution in [0.15, 0.2) is 24.3 Å². The van der Waals surface area contributed by atoms with E-state index in [1.807, 2.05) is 45.0 Å². The summed E-state index contributed by atoms with van der Waals surface area (Å²) in [6, 6.07) is 7.03. The van der Waals surface area contributed by atoms with Crippen molar-refractivity contribution in [2.24, 2.45) is 5.41 Å². The second-order valence-electron chi connectivity index (χ2n) is 5.78. The molecule has 0 fully saturated rings. The van der Waals surface area contributed by atoms with Crippen LogP contribution in [-0.2, 0) is 9.53 Å². The summed E-state index contributed by atoms with van der Waals surface area (Å²) < 4.78 is 4.87. The number of aromatic amines is 1. The lowest BCUT2D eigenvalue weighted by Crippen LogP contribution is -2.41. The van der Waals surface area contributed by atoms with Gasteiger partial charge < -0.3 is 10.1 Å². The van der Waals surface area contributed by atoms with Gasteiger partial charge in [0.25, 0.3) is 0 Å². The van der Waals surface area contributed by atoms with Crippen molar-refractivity contribution < 1.29 is 9.53 Å². The minimum absolute atomic E-state index is 0.283. The second kappa shape index (κ2) is 5.90. The Balaban J connectivity index is 2.25. The molecule has 1 aromatic carbocycles. The van der Waals surface area contributed by atoms with E-state index >= 15 is 0 Å². The molecule has 0 amide bonds. The van der Waals surface area contributed by atoms with Crippen molar-refractivity contribution >= 4 is 11.7 Å². The van der Waals surface area contributed by atoms with E-state index in [1.165, 1.54) is 7.11 Å². The van der Waals surface area contributed by atoms with Crippen molar-refractivity contribution in [2.45, 2.75) is 26.8 Å². The van der Waals surface area contributed by atoms with E-state index in [0.29, 0.717) is 5.82 Å². The summed E-state index contributed by atoms with van der Waals surface area (Å²) in [6.07, 6.45) is 0. The number of tetrazole rings is 1. The Kier molecular flexibility index (Phi) is 4.21. The average molecular weight is 289 g/mol. The quantitative estimate of drug-likeness (QED) is 0.835. The molecule has 0 saturated heterocycles. The number of hydrogen-bond acceptors (Lipinski definition) is 6. The molecule has 7 nitrogen and oxygen atoms in total. The molecule has 0 saturated carbocycles. The van der Waals surface area contributed by atoms with Crippen molar-refractivity contribution in [3.8, 4) is 11.4 Å². The van der Waals surface area contributed by atoms with Gasteiger partial charge in [0, 0.05) is 11.3 Å². The number of hydrogen-bond donors (Lipinski definition) is 2. The van der Waals surface area contributed by atoms with Crippen LogP contribution in [0.5, 0.6) is 0 Å². The zero-order chi connectivity index (χ0) is 15.5. The van der Waals surface area contributed by atoms with Gasteiger partial charge in [0.05, 0.1) is 7.11 Å². The lowest BCUT2D eigenvalue weighted by Gasteiger charge is -2.29. The zero-order valence-electron chi connectivity index (χ0n) is 12.5. The lowest BCUT2D eigenvalue weighted by atomic mass is 9.86. The molecule has 0 aliphatic heterocycles. The fourth-order valence-corrected chi connectivity index (χ4v) is 1.95. The summed E-state index contributed by atoms with van der Waals surface area (Å²) in [7, 11) is 1.39. The topological polar surface area (TPSA) is 92.8 Å². The summed E-state index contributed by atoms with van der Waals surface area (Å²) in [4.78, 5) is 12.0. The SMILES string of the molecule is COC(=O)[C@@H](Nc1cccc(-c2nn[nH]n2)c1)C(C)(C)C. The summed E-state index contributed by atoms with van der Waals surface area (Å²) in [6.45, 7) is 5.93. The first-order valence-electron chi connectivity index (χ1n) is 6.60. The maximum absolute atomic E-state index is 12.0. The van der Waals surface area contributed by atoms with Crippen LogP contribution >= 0.6 is 0 Å². The van der Waals surface area contributed by atoms with E-state index in [9.17, 15) is 4.79 Å². The summed E-state index contributed by atoms with van der Waals surface area (Å²) in [5, 5.41) is 17.0. The predicted molar refractivity (Wildman–Crippen MR) is 78.5 cm³/mol. The number of carbonyl (C=O) groups excluding carboxylic acids is 1. The Morgan fingerprint density at radius 2 is 2.14 bits per heavy atom. The molecule has 1 atom stereocenters. The molecule has 2 rings (SSSR count). The molecule has 1 aromatic heterocycles. The third-order valence-electron chi connectivity index (χ3n) is 3.08. The zero-order valence-corrected chi connectivity index (χ0v) is 12.5. The van der Waals surface area contributed by atoms with Gasteiger partial charge in [-0.15, -0.1) is 10.2 Å². The molecule has 0 aliphatic carbocycles. The Labute approximate surface area is 123 Å². The van der Waals surface area contributed by atoms with Gasteiger partial charge in [-0.2, -0.15) is 5.21 Å². The van der Waals surface area contributed by atoms with E-state index in [4.69, 9.17) is 4.74 Å². The van der Waals surface area contributed by atoms with Crippen molar-refractivity contribution in [3.05, 3.63) is 24.3 Å². The Morgan fingerprint density at radius 1 is 1.38 bits per heavy atom. The number of rotatable bonds is 4. The summed E-state index contributed by atoms with van der Waals surface area (Å²) in [5.41, 5.74) is 1.32. The lowest BCUT2D eigenvalue weighted by molar-refractivity contribution is -0.143. The monoisotopic (exact) mass is 289 g/mol. The molecule has 112 valence electrons. The Hall–Kier alpha value is -2.44. The van der Waals surface area contributed by atoms with E-state index in [1.54, 1.807) is 0 Å². The average Bonchev–Trinajstić information content (AvgIpc) is 2.97. The standard InChI is InChI=1S/C14H19N5O2/c1-14(2,3)11(13(20)21-4)15-10-7-5-6-9(8-10)12-16-18-19-17-12/h5-8,11,15H,1-4H3,(H,16,17,18,19)/t11-/m1/s1. The fraction of sp³-hybridized carbons (Fsp3) is 0.429. The molecule has 0 bridgehead atoms. The first-order chi connectivity index (χ1) is 9.91. The van der Waals surface area contributed by atoms with Crippen molar-refractivity contribution in [2.75, 3.05) is 12.4 Å². The van der Waals surface area contributed by atoms with Gasteiger partial charge in [-0.3, -0.25) is 0 Å². The van der Waals surface area contributed by atoms with Crippen LogP contribution in [0.4, 0.5) is 5.69 Å². The number of H-pyrrole nitrogens is 1. The van der Waals surface area contributed by atoms with Crippen LogP contribution in [0.25, 0.3) is 11.4 Å². The minimum atomic E-state index is -0.456. The van der Waals surface area contributed by atoms with Gasteiger partial charge >= 0.3 is 5.97 Å². The number of anilines is 1. The molecule has 0 radical (unpaired) electrons. The maximum atomic E-state index is 12.0. The smallest absolute Gasteiger partial charge is 0.328 e. The van der Waals surface area contributed by atoms with Crippen LogP contribution in [-0.4, -0.2) is 39.7 Å². The van der Waals surface area contributed by atoms with Gasteiger partial charge in [0.2, 0.25) is 5.82 Å². The van der Waals surface area contributed by atoms with E-state index in [2.05, 4.69) is 25.9 Å². The molecular weight excluding hydrogens is 270 g/mol. The number of carbonyl (C=O) groups is 1. The number of nitrogens with one attached hydrogen (secondary N) is 2. The maximum Gasteiger partial charge on any atom is 0.328 e. The normalized spacial score (nSPS) is 12.8. The molecule has 1 heterocycles. The van der Waals surface area contributed by atoms with Crippen molar-refractivity contribution in [1.82, 2.24) is 20.6 Å². The van der Waals surface area contributed by atoms with Crippen LogP contribution in [0.3, 0.4) is 0 Å². The van der Waals surface area contributed by atoms with Gasteiger partial charge in [-0.05, 0) is 22.8 Å². The fourth-order valence-electron chi connectivity index (χ4n) is 1.95. The summed E-state index contributed by atoms with van der Waals surface area (Å²) >= 11 is 0. The highest BCUT2D eigenvalue weighted by Crippen LogP contribution is 2.26. The number of methoxy groups -OCH3 is 1. The molecule has 2 aromatic rings. The molecule has 21 heavy (non-hydrogen) atoms.